The van der Waals surface area contributed by atoms with Gasteiger partial charge in [-0.15, -0.1) is 0 Å². The Morgan fingerprint density at radius 2 is 1.30 bits per heavy atom. The summed E-state index contributed by atoms with van der Waals surface area (Å²) in [6.45, 7) is 10.9. The van der Waals surface area contributed by atoms with Crippen molar-refractivity contribution in [1.29, 1.82) is 0 Å². The highest BCUT2D eigenvalue weighted by atomic mass is 16.5. The highest BCUT2D eigenvalue weighted by Crippen LogP contribution is 2.45. The van der Waals surface area contributed by atoms with Crippen LogP contribution in [0.1, 0.15) is 69.1 Å². The fourth-order valence-corrected chi connectivity index (χ4v) is 7.25. The van der Waals surface area contributed by atoms with E-state index in [1.807, 2.05) is 107 Å². The van der Waals surface area contributed by atoms with E-state index in [2.05, 4.69) is 36.4 Å². The zero-order valence-corrected chi connectivity index (χ0v) is 27.5. The molecule has 0 radical (unpaired) electrons. The molecule has 0 unspecified atom stereocenters. The van der Waals surface area contributed by atoms with Crippen LogP contribution in [0.25, 0.3) is 0 Å². The van der Waals surface area contributed by atoms with Crippen molar-refractivity contribution >= 4 is 12.0 Å². The molecular weight excluding hydrogens is 574 g/mol. The summed E-state index contributed by atoms with van der Waals surface area (Å²) >= 11 is 0. The van der Waals surface area contributed by atoms with Crippen LogP contribution in [0.4, 0.5) is 4.79 Å². The number of rotatable bonds is 12. The topological polar surface area (TPSA) is 83.0 Å². The molecule has 2 amide bonds. The third-order valence-electron chi connectivity index (χ3n) is 9.51. The van der Waals surface area contributed by atoms with Crippen molar-refractivity contribution in [3.05, 3.63) is 137 Å². The van der Waals surface area contributed by atoms with Gasteiger partial charge in [0, 0.05) is 13.1 Å². The van der Waals surface area contributed by atoms with Crippen molar-refractivity contribution in [3.63, 3.8) is 0 Å². The van der Waals surface area contributed by atoms with Gasteiger partial charge in [0.25, 0.3) is 0 Å². The number of pyridine rings is 1. The number of ether oxygens (including phenoxy) is 1. The number of carboxylic acids is 1. The molecule has 5 rings (SSSR count). The highest BCUT2D eigenvalue weighted by Gasteiger charge is 2.59. The quantitative estimate of drug-likeness (QED) is 0.164. The molecular formula is C39H45N3O4. The van der Waals surface area contributed by atoms with E-state index < -0.39 is 22.5 Å². The van der Waals surface area contributed by atoms with Crippen LogP contribution in [0.3, 0.4) is 0 Å². The second kappa shape index (κ2) is 13.5. The number of urea groups is 1. The molecule has 1 aromatic heterocycles. The summed E-state index contributed by atoms with van der Waals surface area (Å²) in [5, 5.41) is 10.6. The van der Waals surface area contributed by atoms with Gasteiger partial charge in [0.1, 0.15) is 11.1 Å². The first kappa shape index (κ1) is 32.9. The number of aliphatic carboxylic acids is 1. The van der Waals surface area contributed by atoms with E-state index in [0.29, 0.717) is 19.5 Å². The van der Waals surface area contributed by atoms with E-state index in [1.54, 1.807) is 9.80 Å². The lowest BCUT2D eigenvalue weighted by Crippen LogP contribution is -2.66. The average molecular weight is 620 g/mol. The average Bonchev–Trinajstić information content (AvgIpc) is 3.41. The maximum absolute atomic E-state index is 13.9. The summed E-state index contributed by atoms with van der Waals surface area (Å²) in [6.07, 6.45) is 0.646. The van der Waals surface area contributed by atoms with Crippen LogP contribution in [-0.4, -0.2) is 50.5 Å². The molecule has 4 aromatic rings. The molecule has 7 heteroatoms. The van der Waals surface area contributed by atoms with Crippen LogP contribution in [-0.2, 0) is 28.3 Å². The molecule has 2 atom stereocenters. The van der Waals surface area contributed by atoms with Gasteiger partial charge in [0.05, 0.1) is 24.5 Å². The fourth-order valence-electron chi connectivity index (χ4n) is 7.25. The lowest BCUT2D eigenvalue weighted by molar-refractivity contribution is -0.162. The molecule has 46 heavy (non-hydrogen) atoms. The first-order valence-electron chi connectivity index (χ1n) is 16.1. The minimum Gasteiger partial charge on any atom is -0.479 e. The number of aromatic nitrogens is 1. The van der Waals surface area contributed by atoms with Gasteiger partial charge >= 0.3 is 12.0 Å². The maximum Gasteiger partial charge on any atom is 0.330 e. The zero-order valence-electron chi connectivity index (χ0n) is 27.5. The lowest BCUT2D eigenvalue weighted by atomic mass is 9.64. The Hall–Kier alpha value is -4.49. The molecule has 1 N–H and O–H groups in total. The number of amides is 2. The van der Waals surface area contributed by atoms with Crippen LogP contribution >= 0.6 is 0 Å². The van der Waals surface area contributed by atoms with Gasteiger partial charge in [0.2, 0.25) is 0 Å². The smallest absolute Gasteiger partial charge is 0.330 e. The molecule has 1 aliphatic rings. The Labute approximate surface area is 272 Å². The molecule has 2 heterocycles. The third-order valence-corrected chi connectivity index (χ3v) is 9.51. The number of carbonyl (C=O) groups is 2. The van der Waals surface area contributed by atoms with E-state index in [4.69, 9.17) is 9.72 Å². The Morgan fingerprint density at radius 3 is 1.76 bits per heavy atom. The Kier molecular flexibility index (Phi) is 9.63. The predicted molar refractivity (Wildman–Crippen MR) is 180 cm³/mol. The minimum atomic E-state index is -1.33. The number of benzene rings is 3. The summed E-state index contributed by atoms with van der Waals surface area (Å²) in [7, 11) is 0. The van der Waals surface area contributed by atoms with Crippen molar-refractivity contribution in [1.82, 2.24) is 14.8 Å². The van der Waals surface area contributed by atoms with Crippen LogP contribution in [0.5, 0.6) is 0 Å². The number of nitrogens with zero attached hydrogens (tertiary/aromatic N) is 3. The largest absolute Gasteiger partial charge is 0.479 e. The number of hydrogen-bond acceptors (Lipinski definition) is 4. The van der Waals surface area contributed by atoms with Crippen LogP contribution in [0, 0.1) is 11.3 Å². The summed E-state index contributed by atoms with van der Waals surface area (Å²) in [4.78, 5) is 35.0. The predicted octanol–water partition coefficient (Wildman–Crippen LogP) is 7.74. The van der Waals surface area contributed by atoms with Gasteiger partial charge in [-0.05, 0) is 40.2 Å². The molecule has 0 aliphatic carbocycles. The number of carboxylic acid groups (broad SMARTS) is 1. The molecule has 0 bridgehead atoms. The number of hydrogen-bond donors (Lipinski definition) is 1. The van der Waals surface area contributed by atoms with E-state index in [1.165, 1.54) is 0 Å². The van der Waals surface area contributed by atoms with Gasteiger partial charge in [-0.3, -0.25) is 4.98 Å². The normalized spacial score (nSPS) is 15.9. The molecule has 1 aliphatic heterocycles. The Morgan fingerprint density at radius 1 is 0.804 bits per heavy atom. The van der Waals surface area contributed by atoms with Crippen LogP contribution in [0.2, 0.25) is 0 Å². The molecule has 1 fully saturated rings. The standard InChI is InChI=1S/C39H45N3O4/c1-6-29(2)39(35(43)44,37(3,4)5)42-26-25-41(36(42)45)27-33-23-16-24-34(40-33)28-46-38(30-17-10-7-11-18-30,31-19-12-8-13-20-31)32-21-14-9-15-22-32/h7-24,29H,6,25-28H2,1-5H3,(H,43,44)/t29-,39+/m0/s1. The fraction of sp³-hybridized carbons (Fsp3) is 0.359. The van der Waals surface area contributed by atoms with Crippen molar-refractivity contribution in [2.45, 2.75) is 65.3 Å². The first-order valence-corrected chi connectivity index (χ1v) is 16.1. The van der Waals surface area contributed by atoms with Crippen LogP contribution in [0.15, 0.2) is 109 Å². The Bertz CT molecular complexity index is 1520. The second-order valence-electron chi connectivity index (χ2n) is 13.2. The molecule has 1 saturated heterocycles. The van der Waals surface area contributed by atoms with Gasteiger partial charge in [-0.1, -0.05) is 138 Å². The summed E-state index contributed by atoms with van der Waals surface area (Å²) in [6, 6.07) is 36.2. The van der Waals surface area contributed by atoms with E-state index >= 15 is 0 Å². The zero-order chi connectivity index (χ0) is 33.0. The first-order chi connectivity index (χ1) is 22.1. The SMILES string of the molecule is CC[C@H](C)[C@](C(=O)O)(N1CCN(Cc2cccc(COC(c3ccccc3)(c3ccccc3)c3ccccc3)n2)C1=O)C(C)(C)C. The summed E-state index contributed by atoms with van der Waals surface area (Å²) < 4.78 is 6.97. The van der Waals surface area contributed by atoms with Crippen molar-refractivity contribution in [2.24, 2.45) is 11.3 Å². The maximum atomic E-state index is 13.9. The van der Waals surface area contributed by atoms with E-state index in [9.17, 15) is 14.7 Å². The van der Waals surface area contributed by atoms with Gasteiger partial charge < -0.3 is 19.6 Å². The Balaban J connectivity index is 1.42. The molecule has 0 spiro atoms. The van der Waals surface area contributed by atoms with Crippen molar-refractivity contribution in [2.75, 3.05) is 13.1 Å². The second-order valence-corrected chi connectivity index (χ2v) is 13.2. The molecule has 7 nitrogen and oxygen atoms in total. The minimum absolute atomic E-state index is 0.229. The van der Waals surface area contributed by atoms with Gasteiger partial charge in [-0.25, -0.2) is 9.59 Å². The van der Waals surface area contributed by atoms with Crippen molar-refractivity contribution < 1.29 is 19.4 Å². The van der Waals surface area contributed by atoms with E-state index in [-0.39, 0.29) is 25.1 Å². The number of carbonyl (C=O) groups excluding carboxylic acids is 1. The highest BCUT2D eigenvalue weighted by molar-refractivity contribution is 5.88. The van der Waals surface area contributed by atoms with Crippen LogP contribution < -0.4 is 0 Å². The monoisotopic (exact) mass is 619 g/mol. The van der Waals surface area contributed by atoms with E-state index in [0.717, 1.165) is 28.1 Å². The van der Waals surface area contributed by atoms with Crippen molar-refractivity contribution in [3.8, 4) is 0 Å². The lowest BCUT2D eigenvalue weighted by Gasteiger charge is -2.50. The van der Waals surface area contributed by atoms with Gasteiger partial charge in [-0.2, -0.15) is 0 Å². The summed E-state index contributed by atoms with van der Waals surface area (Å²) in [5.74, 6) is -1.19. The molecule has 0 saturated carbocycles. The molecule has 240 valence electrons. The summed E-state index contributed by atoms with van der Waals surface area (Å²) in [5.41, 5.74) is 1.61. The molecule has 3 aromatic carbocycles. The third kappa shape index (κ3) is 5.92. The van der Waals surface area contributed by atoms with Gasteiger partial charge in [0.15, 0.2) is 0 Å².